The average Bonchev–Trinajstić information content (AvgIpc) is 2.77. The van der Waals surface area contributed by atoms with E-state index in [-0.39, 0.29) is 18.3 Å². The highest BCUT2D eigenvalue weighted by Gasteiger charge is 2.21. The number of nitrogens with zero attached hydrogens (tertiary/aromatic N) is 1. The normalized spacial score (nSPS) is 10.9. The minimum atomic E-state index is -0.695. The van der Waals surface area contributed by atoms with Crippen LogP contribution < -0.4 is 10.6 Å². The number of amides is 2. The summed E-state index contributed by atoms with van der Waals surface area (Å²) in [4.78, 5) is 34.4. The van der Waals surface area contributed by atoms with E-state index in [9.17, 15) is 14.4 Å². The first kappa shape index (κ1) is 16.7. The van der Waals surface area contributed by atoms with Crippen LogP contribution in [-0.4, -0.2) is 36.1 Å². The van der Waals surface area contributed by atoms with E-state index in [0.717, 1.165) is 0 Å². The zero-order valence-electron chi connectivity index (χ0n) is 12.5. The van der Waals surface area contributed by atoms with E-state index in [0.29, 0.717) is 5.76 Å². The van der Waals surface area contributed by atoms with Crippen LogP contribution in [0.15, 0.2) is 10.6 Å². The number of hydrogen-bond donors (Lipinski definition) is 2. The summed E-state index contributed by atoms with van der Waals surface area (Å²) in [5.74, 6) is -0.721. The van der Waals surface area contributed by atoms with Gasteiger partial charge in [-0.05, 0) is 6.92 Å². The molecule has 0 saturated heterocycles. The lowest BCUT2D eigenvalue weighted by Crippen LogP contribution is -2.38. The third kappa shape index (κ3) is 6.07. The van der Waals surface area contributed by atoms with Crippen LogP contribution in [0.4, 0.5) is 5.82 Å². The molecule has 0 radical (unpaired) electrons. The van der Waals surface area contributed by atoms with E-state index >= 15 is 0 Å². The quantitative estimate of drug-likeness (QED) is 0.771. The number of aromatic nitrogens is 1. The first-order chi connectivity index (χ1) is 9.68. The molecule has 0 aliphatic rings. The van der Waals surface area contributed by atoms with E-state index < -0.39 is 23.9 Å². The van der Waals surface area contributed by atoms with Crippen LogP contribution in [-0.2, 0) is 19.1 Å². The maximum absolute atomic E-state index is 11.5. The van der Waals surface area contributed by atoms with Crippen LogP contribution in [0.5, 0.6) is 0 Å². The molecule has 0 atom stereocenters. The molecule has 0 spiro atoms. The highest BCUT2D eigenvalue weighted by Crippen LogP contribution is 2.12. The fourth-order valence-corrected chi connectivity index (χ4v) is 1.22. The number of nitrogens with one attached hydrogen (secondary N) is 2. The molecular formula is C13H19N3O5. The molecule has 0 aromatic carbocycles. The van der Waals surface area contributed by atoms with Gasteiger partial charge in [0.1, 0.15) is 12.3 Å². The Bertz CT molecular complexity index is 530. The molecule has 8 nitrogen and oxygen atoms in total. The van der Waals surface area contributed by atoms with Crippen LogP contribution in [0, 0.1) is 12.3 Å². The van der Waals surface area contributed by atoms with Gasteiger partial charge in [-0.2, -0.15) is 0 Å². The summed E-state index contributed by atoms with van der Waals surface area (Å²) in [5, 5.41) is 8.39. The smallest absolute Gasteiger partial charge is 0.325 e. The number of anilines is 1. The third-order valence-electron chi connectivity index (χ3n) is 2.33. The van der Waals surface area contributed by atoms with Crippen LogP contribution in [0.3, 0.4) is 0 Å². The molecule has 0 fully saturated rings. The molecule has 0 unspecified atom stereocenters. The molecule has 2 amide bonds. The minimum absolute atomic E-state index is 0.245. The monoisotopic (exact) mass is 297 g/mol. The lowest BCUT2D eigenvalue weighted by atomic mass is 9.96. The highest BCUT2D eigenvalue weighted by molar-refractivity contribution is 5.92. The summed E-state index contributed by atoms with van der Waals surface area (Å²) in [6.07, 6.45) is 0. The Hall–Kier alpha value is -2.38. The Morgan fingerprint density at radius 1 is 1.33 bits per heavy atom. The van der Waals surface area contributed by atoms with Crippen molar-refractivity contribution in [2.45, 2.75) is 27.7 Å². The molecule has 1 heterocycles. The van der Waals surface area contributed by atoms with E-state index in [1.54, 1.807) is 27.7 Å². The lowest BCUT2D eigenvalue weighted by molar-refractivity contribution is -0.147. The molecule has 1 rings (SSSR count). The van der Waals surface area contributed by atoms with Gasteiger partial charge in [0, 0.05) is 11.5 Å². The topological polar surface area (TPSA) is 111 Å². The molecule has 116 valence electrons. The van der Waals surface area contributed by atoms with Crippen molar-refractivity contribution < 1.29 is 23.6 Å². The first-order valence-electron chi connectivity index (χ1n) is 6.35. The highest BCUT2D eigenvalue weighted by atomic mass is 16.5. The molecule has 21 heavy (non-hydrogen) atoms. The van der Waals surface area contributed by atoms with Gasteiger partial charge in [0.15, 0.2) is 12.4 Å². The standard InChI is InChI=1S/C13H19N3O5/c1-8-5-9(16-21-8)15-10(17)7-20-11(18)6-14-12(19)13(2,3)4/h5H,6-7H2,1-4H3,(H,14,19)(H,15,16,17). The van der Waals surface area contributed by atoms with E-state index in [1.807, 2.05) is 0 Å². The fraction of sp³-hybridized carbons (Fsp3) is 0.538. The van der Waals surface area contributed by atoms with E-state index in [4.69, 9.17) is 9.26 Å². The van der Waals surface area contributed by atoms with Gasteiger partial charge in [0.25, 0.3) is 5.91 Å². The van der Waals surface area contributed by atoms with Gasteiger partial charge in [-0.3, -0.25) is 14.4 Å². The van der Waals surface area contributed by atoms with Crippen LogP contribution >= 0.6 is 0 Å². The largest absolute Gasteiger partial charge is 0.454 e. The second-order valence-electron chi connectivity index (χ2n) is 5.46. The second kappa shape index (κ2) is 6.87. The van der Waals surface area contributed by atoms with Crippen molar-refractivity contribution in [1.29, 1.82) is 0 Å². The summed E-state index contributed by atoms with van der Waals surface area (Å²) >= 11 is 0. The summed E-state index contributed by atoms with van der Waals surface area (Å²) in [7, 11) is 0. The SMILES string of the molecule is Cc1cc(NC(=O)COC(=O)CNC(=O)C(C)(C)C)no1. The Morgan fingerprint density at radius 2 is 2.00 bits per heavy atom. The third-order valence-corrected chi connectivity index (χ3v) is 2.33. The zero-order chi connectivity index (χ0) is 16.0. The predicted molar refractivity (Wildman–Crippen MR) is 73.3 cm³/mol. The van der Waals surface area contributed by atoms with E-state index in [1.165, 1.54) is 6.07 Å². The Balaban J connectivity index is 2.26. The maximum Gasteiger partial charge on any atom is 0.325 e. The van der Waals surface area contributed by atoms with E-state index in [2.05, 4.69) is 15.8 Å². The Kier molecular flexibility index (Phi) is 5.45. The number of aryl methyl sites for hydroxylation is 1. The molecule has 0 bridgehead atoms. The molecule has 2 N–H and O–H groups in total. The van der Waals surface area contributed by atoms with Crippen molar-refractivity contribution >= 4 is 23.6 Å². The van der Waals surface area contributed by atoms with Crippen molar-refractivity contribution in [3.05, 3.63) is 11.8 Å². The number of esters is 1. The summed E-state index contributed by atoms with van der Waals surface area (Å²) in [6.45, 7) is 6.10. The molecular weight excluding hydrogens is 278 g/mol. The van der Waals surface area contributed by atoms with Crippen LogP contribution in [0.25, 0.3) is 0 Å². The van der Waals surface area contributed by atoms with Crippen LogP contribution in [0.1, 0.15) is 26.5 Å². The van der Waals surface area contributed by atoms with Gasteiger partial charge in [-0.25, -0.2) is 0 Å². The Morgan fingerprint density at radius 3 is 2.52 bits per heavy atom. The second-order valence-corrected chi connectivity index (χ2v) is 5.46. The predicted octanol–water partition coefficient (Wildman–Crippen LogP) is 0.627. The average molecular weight is 297 g/mol. The molecule has 1 aromatic rings. The molecule has 8 heteroatoms. The Labute approximate surface area is 122 Å². The van der Waals surface area contributed by atoms with Gasteiger partial charge in [-0.15, -0.1) is 0 Å². The van der Waals surface area contributed by atoms with Crippen molar-refractivity contribution in [2.75, 3.05) is 18.5 Å². The number of carbonyl (C=O) groups is 3. The van der Waals surface area contributed by atoms with Crippen molar-refractivity contribution in [3.63, 3.8) is 0 Å². The van der Waals surface area contributed by atoms with Crippen molar-refractivity contribution in [3.8, 4) is 0 Å². The number of ether oxygens (including phenoxy) is 1. The molecule has 0 aliphatic heterocycles. The van der Waals surface area contributed by atoms with Crippen LogP contribution in [0.2, 0.25) is 0 Å². The van der Waals surface area contributed by atoms with Gasteiger partial charge in [0.2, 0.25) is 5.91 Å². The van der Waals surface area contributed by atoms with Gasteiger partial charge < -0.3 is 19.9 Å². The fourth-order valence-electron chi connectivity index (χ4n) is 1.22. The van der Waals surface area contributed by atoms with Gasteiger partial charge in [0.05, 0.1) is 0 Å². The lowest BCUT2D eigenvalue weighted by Gasteiger charge is -2.17. The number of hydrogen-bond acceptors (Lipinski definition) is 6. The number of carbonyl (C=O) groups excluding carboxylic acids is 3. The molecule has 0 aliphatic carbocycles. The zero-order valence-corrected chi connectivity index (χ0v) is 12.5. The maximum atomic E-state index is 11.5. The van der Waals surface area contributed by atoms with Gasteiger partial charge >= 0.3 is 5.97 Å². The summed E-state index contributed by atoms with van der Waals surface area (Å²) in [6, 6.07) is 1.53. The molecule has 0 saturated carbocycles. The minimum Gasteiger partial charge on any atom is -0.454 e. The first-order valence-corrected chi connectivity index (χ1v) is 6.35. The summed E-state index contributed by atoms with van der Waals surface area (Å²) < 4.78 is 9.49. The van der Waals surface area contributed by atoms with Crippen molar-refractivity contribution in [2.24, 2.45) is 5.41 Å². The van der Waals surface area contributed by atoms with Gasteiger partial charge in [-0.1, -0.05) is 25.9 Å². The molecule has 1 aromatic heterocycles. The number of rotatable bonds is 5. The van der Waals surface area contributed by atoms with Crippen molar-refractivity contribution in [1.82, 2.24) is 10.5 Å². The summed E-state index contributed by atoms with van der Waals surface area (Å²) in [5.41, 5.74) is -0.595.